The van der Waals surface area contributed by atoms with Gasteiger partial charge >= 0.3 is 5.97 Å². The molecule has 0 fully saturated rings. The molecule has 1 aromatic heterocycles. The molecule has 1 heterocycles. The van der Waals surface area contributed by atoms with Crippen LogP contribution in [0.4, 0.5) is 11.5 Å². The molecule has 136 valence electrons. The lowest BCUT2D eigenvalue weighted by atomic mass is 10.0. The largest absolute Gasteiger partial charge is 0.495 e. The van der Waals surface area contributed by atoms with E-state index in [-0.39, 0.29) is 11.5 Å². The summed E-state index contributed by atoms with van der Waals surface area (Å²) in [5.41, 5.74) is 8.41. The molecule has 0 bridgehead atoms. The van der Waals surface area contributed by atoms with Gasteiger partial charge in [-0.05, 0) is 42.0 Å². The van der Waals surface area contributed by atoms with Crippen molar-refractivity contribution in [3.05, 3.63) is 72.4 Å². The Morgan fingerprint density at radius 3 is 2.63 bits per heavy atom. The minimum absolute atomic E-state index is 0.174. The van der Waals surface area contributed by atoms with Gasteiger partial charge in [-0.2, -0.15) is 4.99 Å². The molecular formula is C20H18N4O3. The lowest BCUT2D eigenvalue weighted by Gasteiger charge is -2.10. The molecule has 7 heteroatoms. The number of anilines is 1. The molecule has 3 aromatic rings. The van der Waals surface area contributed by atoms with Gasteiger partial charge in [0.25, 0.3) is 0 Å². The molecule has 0 unspecified atom stereocenters. The SMILES string of the molecule is COc1ccccc1NC(N)=Nc1ccc(-c2cccc(C(=O)O)c2)cn1. The number of nitrogens with zero attached hydrogens (tertiary/aromatic N) is 2. The number of hydrogen-bond acceptors (Lipinski definition) is 4. The maximum atomic E-state index is 11.1. The molecule has 0 atom stereocenters. The predicted octanol–water partition coefficient (Wildman–Crippen LogP) is 3.51. The Labute approximate surface area is 156 Å². The number of aliphatic imine (C=N–C) groups is 1. The molecule has 3 rings (SSSR count). The third-order valence-corrected chi connectivity index (χ3v) is 3.80. The van der Waals surface area contributed by atoms with Gasteiger partial charge < -0.3 is 20.9 Å². The molecule has 0 aliphatic rings. The van der Waals surface area contributed by atoms with Gasteiger partial charge in [-0.3, -0.25) is 0 Å². The lowest BCUT2D eigenvalue weighted by Crippen LogP contribution is -2.22. The summed E-state index contributed by atoms with van der Waals surface area (Å²) in [4.78, 5) is 19.6. The molecular weight excluding hydrogens is 344 g/mol. The fraction of sp³-hybridized carbons (Fsp3) is 0.0500. The van der Waals surface area contributed by atoms with Crippen LogP contribution in [0.3, 0.4) is 0 Å². The molecule has 0 amide bonds. The number of nitrogens with two attached hydrogens (primary N) is 1. The zero-order valence-electron chi connectivity index (χ0n) is 14.6. The summed E-state index contributed by atoms with van der Waals surface area (Å²) >= 11 is 0. The summed E-state index contributed by atoms with van der Waals surface area (Å²) < 4.78 is 5.26. The molecule has 0 saturated heterocycles. The number of hydrogen-bond donors (Lipinski definition) is 3. The quantitative estimate of drug-likeness (QED) is 0.473. The first-order valence-corrected chi connectivity index (χ1v) is 8.11. The van der Waals surface area contributed by atoms with E-state index in [1.165, 1.54) is 0 Å². The Bertz CT molecular complexity index is 985. The van der Waals surface area contributed by atoms with E-state index < -0.39 is 5.97 Å². The van der Waals surface area contributed by atoms with Crippen molar-refractivity contribution in [1.29, 1.82) is 0 Å². The van der Waals surface area contributed by atoms with E-state index in [0.29, 0.717) is 17.3 Å². The van der Waals surface area contributed by atoms with E-state index in [1.807, 2.05) is 36.4 Å². The standard InChI is InChI=1S/C20H18N4O3/c1-27-17-8-3-2-7-16(17)23-20(21)24-18-10-9-15(12-22-18)13-5-4-6-14(11-13)19(25)26/h2-12H,1H3,(H,25,26)(H3,21,22,23,24). The van der Waals surface area contributed by atoms with E-state index in [0.717, 1.165) is 11.1 Å². The van der Waals surface area contributed by atoms with Crippen LogP contribution in [0.15, 0.2) is 71.9 Å². The predicted molar refractivity (Wildman–Crippen MR) is 105 cm³/mol. The summed E-state index contributed by atoms with van der Waals surface area (Å²) in [5.74, 6) is 0.277. The first-order valence-electron chi connectivity index (χ1n) is 8.11. The van der Waals surface area contributed by atoms with E-state index in [2.05, 4.69) is 15.3 Å². The number of rotatable bonds is 5. The minimum atomic E-state index is -0.971. The van der Waals surface area contributed by atoms with Crippen LogP contribution >= 0.6 is 0 Å². The highest BCUT2D eigenvalue weighted by atomic mass is 16.5. The number of carboxylic acids is 1. The Hall–Kier alpha value is -3.87. The topological polar surface area (TPSA) is 110 Å². The van der Waals surface area contributed by atoms with Crippen molar-refractivity contribution in [3.63, 3.8) is 0 Å². The van der Waals surface area contributed by atoms with E-state index in [4.69, 9.17) is 15.6 Å². The van der Waals surface area contributed by atoms with Gasteiger partial charge in [-0.1, -0.05) is 24.3 Å². The Morgan fingerprint density at radius 2 is 1.93 bits per heavy atom. The number of carboxylic acid groups (broad SMARTS) is 1. The molecule has 2 aromatic carbocycles. The number of aromatic carboxylic acids is 1. The zero-order valence-corrected chi connectivity index (χ0v) is 14.6. The van der Waals surface area contributed by atoms with Gasteiger partial charge in [0.1, 0.15) is 5.75 Å². The van der Waals surface area contributed by atoms with Crippen LogP contribution in [0.2, 0.25) is 0 Å². The van der Waals surface area contributed by atoms with Crippen LogP contribution < -0.4 is 15.8 Å². The maximum absolute atomic E-state index is 11.1. The highest BCUT2D eigenvalue weighted by Gasteiger charge is 2.06. The first-order chi connectivity index (χ1) is 13.1. The summed E-state index contributed by atoms with van der Waals surface area (Å²) in [7, 11) is 1.58. The zero-order chi connectivity index (χ0) is 19.2. The van der Waals surface area contributed by atoms with Gasteiger partial charge in [0, 0.05) is 11.8 Å². The van der Waals surface area contributed by atoms with Crippen LogP contribution in [0, 0.1) is 0 Å². The molecule has 0 radical (unpaired) electrons. The lowest BCUT2D eigenvalue weighted by molar-refractivity contribution is 0.0697. The van der Waals surface area contributed by atoms with Gasteiger partial charge in [0.15, 0.2) is 11.8 Å². The van der Waals surface area contributed by atoms with Gasteiger partial charge in [-0.25, -0.2) is 9.78 Å². The van der Waals surface area contributed by atoms with Crippen molar-refractivity contribution in [2.24, 2.45) is 10.7 Å². The van der Waals surface area contributed by atoms with E-state index in [9.17, 15) is 4.79 Å². The number of pyridine rings is 1. The summed E-state index contributed by atoms with van der Waals surface area (Å²) in [6.45, 7) is 0. The van der Waals surface area contributed by atoms with Gasteiger partial charge in [-0.15, -0.1) is 0 Å². The summed E-state index contributed by atoms with van der Waals surface area (Å²) in [5, 5.41) is 12.1. The van der Waals surface area contributed by atoms with Crippen molar-refractivity contribution in [3.8, 4) is 16.9 Å². The van der Waals surface area contributed by atoms with Crippen molar-refractivity contribution < 1.29 is 14.6 Å². The van der Waals surface area contributed by atoms with E-state index >= 15 is 0 Å². The molecule has 0 spiro atoms. The summed E-state index contributed by atoms with van der Waals surface area (Å²) in [6.07, 6.45) is 1.62. The Balaban J connectivity index is 1.78. The minimum Gasteiger partial charge on any atom is -0.495 e. The molecule has 0 saturated carbocycles. The highest BCUT2D eigenvalue weighted by molar-refractivity contribution is 5.95. The van der Waals surface area contributed by atoms with Crippen LogP contribution in [0.5, 0.6) is 5.75 Å². The normalized spacial score (nSPS) is 11.1. The number of carbonyl (C=O) groups is 1. The number of guanidine groups is 1. The Kier molecular flexibility index (Phi) is 5.32. The number of methoxy groups -OCH3 is 1. The number of nitrogens with one attached hydrogen (secondary N) is 1. The van der Waals surface area contributed by atoms with E-state index in [1.54, 1.807) is 37.6 Å². The molecule has 0 aliphatic carbocycles. The van der Waals surface area contributed by atoms with Crippen molar-refractivity contribution >= 4 is 23.4 Å². The van der Waals surface area contributed by atoms with Crippen LogP contribution in [0.1, 0.15) is 10.4 Å². The number of aromatic nitrogens is 1. The molecule has 7 nitrogen and oxygen atoms in total. The second kappa shape index (κ2) is 8.01. The Morgan fingerprint density at radius 1 is 1.11 bits per heavy atom. The van der Waals surface area contributed by atoms with Crippen molar-refractivity contribution in [2.45, 2.75) is 0 Å². The monoisotopic (exact) mass is 362 g/mol. The second-order valence-electron chi connectivity index (χ2n) is 5.61. The molecule has 27 heavy (non-hydrogen) atoms. The molecule has 0 aliphatic heterocycles. The van der Waals surface area contributed by atoms with Gasteiger partial charge in [0.05, 0.1) is 18.4 Å². The van der Waals surface area contributed by atoms with Crippen LogP contribution in [-0.4, -0.2) is 29.1 Å². The average molecular weight is 362 g/mol. The van der Waals surface area contributed by atoms with Crippen molar-refractivity contribution in [1.82, 2.24) is 4.98 Å². The average Bonchev–Trinajstić information content (AvgIpc) is 2.69. The van der Waals surface area contributed by atoms with Crippen LogP contribution in [-0.2, 0) is 0 Å². The number of benzene rings is 2. The fourth-order valence-corrected chi connectivity index (χ4v) is 2.49. The first kappa shape index (κ1) is 17.9. The third-order valence-electron chi connectivity index (χ3n) is 3.80. The third kappa shape index (κ3) is 4.40. The highest BCUT2D eigenvalue weighted by Crippen LogP contribution is 2.24. The second-order valence-corrected chi connectivity index (χ2v) is 5.61. The number of ether oxygens (including phenoxy) is 1. The molecule has 4 N–H and O–H groups in total. The fourth-order valence-electron chi connectivity index (χ4n) is 2.49. The smallest absolute Gasteiger partial charge is 0.335 e. The van der Waals surface area contributed by atoms with Crippen LogP contribution in [0.25, 0.3) is 11.1 Å². The summed E-state index contributed by atoms with van der Waals surface area (Å²) in [6, 6.07) is 17.5. The number of para-hydroxylation sites is 2. The van der Waals surface area contributed by atoms with Crippen molar-refractivity contribution in [2.75, 3.05) is 12.4 Å². The van der Waals surface area contributed by atoms with Gasteiger partial charge in [0.2, 0.25) is 0 Å². The maximum Gasteiger partial charge on any atom is 0.335 e.